The summed E-state index contributed by atoms with van der Waals surface area (Å²) in [6, 6.07) is 16.4. The van der Waals surface area contributed by atoms with Gasteiger partial charge in [-0.2, -0.15) is 0 Å². The van der Waals surface area contributed by atoms with Crippen molar-refractivity contribution in [2.75, 3.05) is 5.32 Å². The fourth-order valence-electron chi connectivity index (χ4n) is 2.54. The van der Waals surface area contributed by atoms with Crippen molar-refractivity contribution in [3.05, 3.63) is 84.2 Å². The van der Waals surface area contributed by atoms with Crippen LogP contribution in [0.4, 0.5) is 10.1 Å². The zero-order valence-electron chi connectivity index (χ0n) is 14.3. The average Bonchev–Trinajstić information content (AvgIpc) is 3.13. The van der Waals surface area contributed by atoms with Gasteiger partial charge in [-0.25, -0.2) is 4.39 Å². The van der Waals surface area contributed by atoms with Crippen molar-refractivity contribution in [3.63, 3.8) is 0 Å². The smallest absolute Gasteiger partial charge is 0.291 e. The molecule has 0 aliphatic carbocycles. The molecule has 0 bridgehead atoms. The number of hydrogen-bond donors (Lipinski definition) is 2. The van der Waals surface area contributed by atoms with Gasteiger partial charge in [-0.1, -0.05) is 31.2 Å². The van der Waals surface area contributed by atoms with Gasteiger partial charge in [-0.05, 0) is 54.8 Å². The van der Waals surface area contributed by atoms with Crippen molar-refractivity contribution in [1.82, 2.24) is 0 Å². The molecule has 131 valence electrons. The first-order valence-corrected chi connectivity index (χ1v) is 8.20. The molecule has 4 nitrogen and oxygen atoms in total. The second-order valence-electron chi connectivity index (χ2n) is 5.77. The second kappa shape index (κ2) is 7.78. The Morgan fingerprint density at radius 2 is 1.85 bits per heavy atom. The molecule has 5 heteroatoms. The maximum atomic E-state index is 13.8. The van der Waals surface area contributed by atoms with Crippen molar-refractivity contribution in [3.8, 4) is 11.3 Å². The monoisotopic (exact) mass is 349 g/mol. The van der Waals surface area contributed by atoms with E-state index in [0.29, 0.717) is 29.1 Å². The van der Waals surface area contributed by atoms with Gasteiger partial charge in [0.2, 0.25) is 0 Å². The molecule has 0 aliphatic rings. The molecule has 0 saturated heterocycles. The Labute approximate surface area is 151 Å². The third-order valence-electron chi connectivity index (χ3n) is 3.87. The van der Waals surface area contributed by atoms with E-state index in [0.717, 1.165) is 5.56 Å². The number of amides is 1. The Morgan fingerprint density at radius 1 is 1.12 bits per heavy atom. The van der Waals surface area contributed by atoms with Crippen LogP contribution < -0.4 is 5.32 Å². The predicted octanol–water partition coefficient (Wildman–Crippen LogP) is 5.32. The minimum absolute atomic E-state index is 0.0978. The molecule has 0 fully saturated rings. The van der Waals surface area contributed by atoms with Crippen molar-refractivity contribution >= 4 is 17.3 Å². The molecular weight excluding hydrogens is 331 g/mol. The fraction of sp³-hybridized carbons (Fsp3) is 0.0952. The summed E-state index contributed by atoms with van der Waals surface area (Å²) in [6.45, 7) is 1.90. The van der Waals surface area contributed by atoms with Gasteiger partial charge in [-0.15, -0.1) is 0 Å². The molecule has 0 aliphatic heterocycles. The van der Waals surface area contributed by atoms with E-state index in [2.05, 4.69) is 5.32 Å². The maximum Gasteiger partial charge on any atom is 0.291 e. The first-order chi connectivity index (χ1) is 12.6. The standard InChI is InChI=1S/C21H18FN2O2/c1-2-5-18(23)14-8-10-15(11-9-14)24-21(25)20-13-12-19(26-20)16-6-3-4-7-17(16)22/h2-4,6-13,23H,5H2,1H3,(H,24,25). The van der Waals surface area contributed by atoms with Crippen LogP contribution in [-0.4, -0.2) is 11.6 Å². The van der Waals surface area contributed by atoms with Crippen molar-refractivity contribution in [2.24, 2.45) is 0 Å². The summed E-state index contributed by atoms with van der Waals surface area (Å²) in [4.78, 5) is 12.3. The van der Waals surface area contributed by atoms with Gasteiger partial charge in [-0.3, -0.25) is 4.79 Å². The molecule has 1 radical (unpaired) electrons. The molecule has 0 saturated carbocycles. The van der Waals surface area contributed by atoms with Gasteiger partial charge in [0, 0.05) is 11.4 Å². The van der Waals surface area contributed by atoms with Crippen LogP contribution in [0, 0.1) is 17.6 Å². The van der Waals surface area contributed by atoms with Crippen LogP contribution in [0.3, 0.4) is 0 Å². The highest BCUT2D eigenvalue weighted by atomic mass is 19.1. The summed E-state index contributed by atoms with van der Waals surface area (Å²) < 4.78 is 19.3. The summed E-state index contributed by atoms with van der Waals surface area (Å²) in [5.41, 5.74) is 2.23. The molecule has 1 heterocycles. The summed E-state index contributed by atoms with van der Waals surface area (Å²) in [7, 11) is 0. The molecule has 0 spiro atoms. The van der Waals surface area contributed by atoms with Crippen LogP contribution in [0.1, 0.15) is 29.5 Å². The lowest BCUT2D eigenvalue weighted by Gasteiger charge is -2.06. The number of carbonyl (C=O) groups excluding carboxylic acids is 1. The Balaban J connectivity index is 1.71. The van der Waals surface area contributed by atoms with Gasteiger partial charge in [0.25, 0.3) is 5.91 Å². The quantitative estimate of drug-likeness (QED) is 0.591. The van der Waals surface area contributed by atoms with E-state index >= 15 is 0 Å². The number of rotatable bonds is 6. The average molecular weight is 349 g/mol. The molecule has 26 heavy (non-hydrogen) atoms. The van der Waals surface area contributed by atoms with Crippen LogP contribution >= 0.6 is 0 Å². The second-order valence-corrected chi connectivity index (χ2v) is 5.77. The van der Waals surface area contributed by atoms with E-state index in [1.165, 1.54) is 12.1 Å². The lowest BCUT2D eigenvalue weighted by molar-refractivity contribution is 0.0997. The fourth-order valence-corrected chi connectivity index (χ4v) is 2.54. The van der Waals surface area contributed by atoms with Crippen molar-refractivity contribution in [2.45, 2.75) is 13.3 Å². The van der Waals surface area contributed by atoms with Crippen LogP contribution in [0.2, 0.25) is 0 Å². The number of nitrogens with one attached hydrogen (secondary N) is 2. The van der Waals surface area contributed by atoms with Crippen LogP contribution in [0.15, 0.2) is 65.1 Å². The minimum Gasteiger partial charge on any atom is -0.451 e. The highest BCUT2D eigenvalue weighted by Gasteiger charge is 2.14. The summed E-state index contributed by atoms with van der Waals surface area (Å²) in [5.74, 6) is -0.429. The van der Waals surface area contributed by atoms with Gasteiger partial charge in [0.05, 0.1) is 5.56 Å². The molecule has 0 unspecified atom stereocenters. The molecule has 0 atom stereocenters. The molecule has 1 amide bonds. The first kappa shape index (κ1) is 17.6. The summed E-state index contributed by atoms with van der Waals surface area (Å²) >= 11 is 0. The zero-order chi connectivity index (χ0) is 18.5. The lowest BCUT2D eigenvalue weighted by Crippen LogP contribution is -2.11. The minimum atomic E-state index is -0.419. The van der Waals surface area contributed by atoms with Gasteiger partial charge >= 0.3 is 0 Å². The van der Waals surface area contributed by atoms with Crippen molar-refractivity contribution in [1.29, 1.82) is 5.41 Å². The third-order valence-corrected chi connectivity index (χ3v) is 3.87. The van der Waals surface area contributed by atoms with E-state index < -0.39 is 11.7 Å². The highest BCUT2D eigenvalue weighted by Crippen LogP contribution is 2.25. The van der Waals surface area contributed by atoms with Crippen LogP contribution in [-0.2, 0) is 0 Å². The normalized spacial score (nSPS) is 10.5. The molecule has 2 aromatic carbocycles. The van der Waals surface area contributed by atoms with E-state index in [1.807, 2.05) is 13.3 Å². The van der Waals surface area contributed by atoms with Gasteiger partial charge < -0.3 is 15.1 Å². The SMILES string of the molecule is C[CH]CC(=N)c1ccc(NC(=O)c2ccc(-c3ccccc3F)o2)cc1. The van der Waals surface area contributed by atoms with E-state index in [1.54, 1.807) is 48.5 Å². The summed E-state index contributed by atoms with van der Waals surface area (Å²) in [5, 5.41) is 10.6. The molecule has 3 aromatic rings. The topological polar surface area (TPSA) is 66.1 Å². The zero-order valence-corrected chi connectivity index (χ0v) is 14.3. The number of anilines is 1. The van der Waals surface area contributed by atoms with Gasteiger partial charge in [0.15, 0.2) is 5.76 Å². The number of carbonyl (C=O) groups is 1. The number of hydrogen-bond acceptors (Lipinski definition) is 3. The van der Waals surface area contributed by atoms with E-state index in [-0.39, 0.29) is 5.76 Å². The third kappa shape index (κ3) is 3.88. The molecular formula is C21H18FN2O2. The molecule has 2 N–H and O–H groups in total. The Bertz CT molecular complexity index is 929. The molecule has 3 rings (SSSR count). The largest absolute Gasteiger partial charge is 0.451 e. The Kier molecular flexibility index (Phi) is 5.27. The number of benzene rings is 2. The summed E-state index contributed by atoms with van der Waals surface area (Å²) in [6.07, 6.45) is 2.51. The number of halogens is 1. The first-order valence-electron chi connectivity index (χ1n) is 8.20. The maximum absolute atomic E-state index is 13.8. The Hall–Kier alpha value is -3.21. The van der Waals surface area contributed by atoms with Crippen molar-refractivity contribution < 1.29 is 13.6 Å². The van der Waals surface area contributed by atoms with E-state index in [4.69, 9.17) is 9.83 Å². The van der Waals surface area contributed by atoms with Crippen LogP contribution in [0.5, 0.6) is 0 Å². The highest BCUT2D eigenvalue weighted by molar-refractivity contribution is 6.03. The van der Waals surface area contributed by atoms with E-state index in [9.17, 15) is 9.18 Å². The van der Waals surface area contributed by atoms with Crippen LogP contribution in [0.25, 0.3) is 11.3 Å². The predicted molar refractivity (Wildman–Crippen MR) is 99.9 cm³/mol. The van der Waals surface area contributed by atoms with Gasteiger partial charge in [0.1, 0.15) is 11.6 Å². The number of furan rings is 1. The lowest BCUT2D eigenvalue weighted by atomic mass is 10.1. The Morgan fingerprint density at radius 3 is 2.54 bits per heavy atom. The molecule has 1 aromatic heterocycles.